The zero-order chi connectivity index (χ0) is 14.7. The first kappa shape index (κ1) is 16.0. The number of likely N-dealkylation sites (N-methyl/N-ethyl adjacent to an activating group) is 1. The van der Waals surface area contributed by atoms with Crippen molar-refractivity contribution in [3.05, 3.63) is 0 Å². The highest BCUT2D eigenvalue weighted by Crippen LogP contribution is 2.33. The fraction of sp³-hybridized carbons (Fsp3) is 0.857. The molecular formula is C14H26N2O3. The molecule has 2 N–H and O–H groups in total. The first-order chi connectivity index (χ1) is 8.69. The average Bonchev–Trinajstić information content (AvgIpc) is 2.75. The molecule has 0 aromatic carbocycles. The minimum absolute atomic E-state index is 0.0197. The molecule has 0 bridgehead atoms. The van der Waals surface area contributed by atoms with Crippen LogP contribution in [-0.2, 0) is 9.59 Å². The van der Waals surface area contributed by atoms with E-state index in [1.165, 1.54) is 12.8 Å². The predicted octanol–water partition coefficient (Wildman–Crippen LogP) is 1.48. The van der Waals surface area contributed by atoms with Crippen molar-refractivity contribution < 1.29 is 14.7 Å². The quantitative estimate of drug-likeness (QED) is 0.767. The molecule has 1 amide bonds. The molecule has 0 atom stereocenters. The maximum Gasteiger partial charge on any atom is 0.309 e. The summed E-state index contributed by atoms with van der Waals surface area (Å²) >= 11 is 0. The number of carbonyl (C=O) groups is 2. The number of hydrogen-bond acceptors (Lipinski definition) is 3. The van der Waals surface area contributed by atoms with Crippen LogP contribution in [0.1, 0.15) is 46.0 Å². The topological polar surface area (TPSA) is 69.6 Å². The maximum absolute atomic E-state index is 11.9. The van der Waals surface area contributed by atoms with Gasteiger partial charge in [-0.3, -0.25) is 9.59 Å². The monoisotopic (exact) mass is 270 g/mol. The van der Waals surface area contributed by atoms with Gasteiger partial charge in [-0.2, -0.15) is 0 Å². The fourth-order valence-electron chi connectivity index (χ4n) is 2.62. The van der Waals surface area contributed by atoms with Gasteiger partial charge < -0.3 is 15.3 Å². The minimum Gasteiger partial charge on any atom is -0.481 e. The van der Waals surface area contributed by atoms with Gasteiger partial charge in [0.2, 0.25) is 5.91 Å². The summed E-state index contributed by atoms with van der Waals surface area (Å²) in [6, 6.07) is 0. The number of nitrogens with zero attached hydrogens (tertiary/aromatic N) is 1. The van der Waals surface area contributed by atoms with Crippen molar-refractivity contribution in [2.75, 3.05) is 20.6 Å². The third kappa shape index (κ3) is 3.93. The molecule has 0 aromatic heterocycles. The lowest BCUT2D eigenvalue weighted by molar-refractivity contribution is -0.149. The number of carbonyl (C=O) groups excluding carboxylic acids is 1. The van der Waals surface area contributed by atoms with Crippen molar-refractivity contribution >= 4 is 11.9 Å². The summed E-state index contributed by atoms with van der Waals surface area (Å²) in [5.41, 5.74) is -0.964. The van der Waals surface area contributed by atoms with Gasteiger partial charge in [0.25, 0.3) is 0 Å². The van der Waals surface area contributed by atoms with Crippen molar-refractivity contribution in [1.82, 2.24) is 10.2 Å². The van der Waals surface area contributed by atoms with E-state index in [2.05, 4.69) is 10.2 Å². The van der Waals surface area contributed by atoms with Crippen molar-refractivity contribution in [2.45, 2.75) is 51.5 Å². The molecular weight excluding hydrogens is 244 g/mol. The van der Waals surface area contributed by atoms with Crippen LogP contribution in [0.3, 0.4) is 0 Å². The van der Waals surface area contributed by atoms with E-state index in [1.54, 1.807) is 13.8 Å². The number of carboxylic acids is 1. The van der Waals surface area contributed by atoms with E-state index in [0.717, 1.165) is 12.8 Å². The molecule has 0 heterocycles. The van der Waals surface area contributed by atoms with Gasteiger partial charge in [-0.15, -0.1) is 0 Å². The van der Waals surface area contributed by atoms with E-state index in [0.29, 0.717) is 6.54 Å². The summed E-state index contributed by atoms with van der Waals surface area (Å²) in [6.07, 6.45) is 4.57. The van der Waals surface area contributed by atoms with Crippen LogP contribution >= 0.6 is 0 Å². The Bertz CT molecular complexity index is 345. The van der Waals surface area contributed by atoms with Crippen molar-refractivity contribution in [1.29, 1.82) is 0 Å². The Morgan fingerprint density at radius 2 is 1.79 bits per heavy atom. The zero-order valence-electron chi connectivity index (χ0n) is 12.5. The molecule has 1 aliphatic rings. The molecule has 5 heteroatoms. The highest BCUT2D eigenvalue weighted by Gasteiger charge is 2.37. The summed E-state index contributed by atoms with van der Waals surface area (Å²) in [6.45, 7) is 3.76. The molecule has 0 aromatic rings. The fourth-order valence-corrected chi connectivity index (χ4v) is 2.62. The van der Waals surface area contributed by atoms with Gasteiger partial charge in [0, 0.05) is 18.5 Å². The summed E-state index contributed by atoms with van der Waals surface area (Å²) in [5, 5.41) is 11.9. The molecule has 0 radical (unpaired) electrons. The molecule has 0 spiro atoms. The van der Waals surface area contributed by atoms with Crippen molar-refractivity contribution in [3.63, 3.8) is 0 Å². The van der Waals surface area contributed by atoms with E-state index in [4.69, 9.17) is 5.11 Å². The Hall–Kier alpha value is -1.10. The average molecular weight is 270 g/mol. The van der Waals surface area contributed by atoms with E-state index >= 15 is 0 Å². The van der Waals surface area contributed by atoms with Crippen LogP contribution in [0.25, 0.3) is 0 Å². The van der Waals surface area contributed by atoms with E-state index in [-0.39, 0.29) is 17.9 Å². The van der Waals surface area contributed by atoms with Crippen molar-refractivity contribution in [2.24, 2.45) is 5.41 Å². The predicted molar refractivity (Wildman–Crippen MR) is 73.9 cm³/mol. The highest BCUT2D eigenvalue weighted by atomic mass is 16.4. The molecule has 5 nitrogen and oxygen atoms in total. The number of amides is 1. The second kappa shape index (κ2) is 5.90. The van der Waals surface area contributed by atoms with Crippen LogP contribution in [0.5, 0.6) is 0 Å². The zero-order valence-corrected chi connectivity index (χ0v) is 12.5. The largest absolute Gasteiger partial charge is 0.481 e. The van der Waals surface area contributed by atoms with Gasteiger partial charge in [0.15, 0.2) is 0 Å². The van der Waals surface area contributed by atoms with Gasteiger partial charge >= 0.3 is 5.97 Å². The Morgan fingerprint density at radius 3 is 2.21 bits per heavy atom. The van der Waals surface area contributed by atoms with Crippen LogP contribution in [0.2, 0.25) is 0 Å². The van der Waals surface area contributed by atoms with Gasteiger partial charge in [-0.25, -0.2) is 0 Å². The van der Waals surface area contributed by atoms with Gasteiger partial charge in [-0.05, 0) is 40.8 Å². The molecule has 1 fully saturated rings. The number of rotatable bonds is 6. The van der Waals surface area contributed by atoms with Gasteiger partial charge in [0.1, 0.15) is 0 Å². The lowest BCUT2D eigenvalue weighted by Crippen LogP contribution is -2.51. The number of carboxylic acid groups (broad SMARTS) is 1. The molecule has 1 aliphatic carbocycles. The third-order valence-corrected chi connectivity index (χ3v) is 4.28. The second-order valence-corrected chi connectivity index (χ2v) is 6.47. The molecule has 1 rings (SSSR count). The molecule has 1 saturated carbocycles. The minimum atomic E-state index is -1.01. The smallest absolute Gasteiger partial charge is 0.309 e. The van der Waals surface area contributed by atoms with E-state index < -0.39 is 11.4 Å². The van der Waals surface area contributed by atoms with Gasteiger partial charge in [-0.1, -0.05) is 12.8 Å². The normalized spacial score (nSPS) is 18.6. The lowest BCUT2D eigenvalue weighted by atomic mass is 9.89. The number of hydrogen-bond donors (Lipinski definition) is 2. The van der Waals surface area contributed by atoms with Crippen LogP contribution < -0.4 is 5.32 Å². The maximum atomic E-state index is 11.9. The third-order valence-electron chi connectivity index (χ3n) is 4.28. The molecule has 110 valence electrons. The molecule has 19 heavy (non-hydrogen) atoms. The highest BCUT2D eigenvalue weighted by molar-refractivity contribution is 5.84. The van der Waals surface area contributed by atoms with E-state index in [1.807, 2.05) is 14.1 Å². The SMILES string of the molecule is CN(C)C1(CNC(=O)CC(C)(C)C(=O)O)CCCC1. The number of aliphatic carboxylic acids is 1. The van der Waals surface area contributed by atoms with Crippen LogP contribution in [0, 0.1) is 5.41 Å². The Balaban J connectivity index is 2.52. The Morgan fingerprint density at radius 1 is 1.26 bits per heavy atom. The Labute approximate surface area is 115 Å². The van der Waals surface area contributed by atoms with Gasteiger partial charge in [0.05, 0.1) is 5.41 Å². The Kier molecular flexibility index (Phi) is 4.96. The van der Waals surface area contributed by atoms with Crippen LogP contribution in [-0.4, -0.2) is 48.1 Å². The first-order valence-electron chi connectivity index (χ1n) is 6.87. The van der Waals surface area contributed by atoms with Crippen LogP contribution in [0.15, 0.2) is 0 Å². The summed E-state index contributed by atoms with van der Waals surface area (Å²) in [5.74, 6) is -1.12. The summed E-state index contributed by atoms with van der Waals surface area (Å²) < 4.78 is 0. The van der Waals surface area contributed by atoms with Crippen LogP contribution in [0.4, 0.5) is 0 Å². The lowest BCUT2D eigenvalue weighted by Gasteiger charge is -2.36. The molecule has 0 saturated heterocycles. The van der Waals surface area contributed by atoms with E-state index in [9.17, 15) is 9.59 Å². The standard InChI is InChI=1S/C14H26N2O3/c1-13(2,12(18)19)9-11(17)15-10-14(16(3)4)7-5-6-8-14/h5-10H2,1-4H3,(H,15,17)(H,18,19). The molecule has 0 aliphatic heterocycles. The second-order valence-electron chi connectivity index (χ2n) is 6.47. The number of nitrogens with one attached hydrogen (secondary N) is 1. The summed E-state index contributed by atoms with van der Waals surface area (Å²) in [7, 11) is 4.08. The van der Waals surface area contributed by atoms with Crippen molar-refractivity contribution in [3.8, 4) is 0 Å². The molecule has 0 unspecified atom stereocenters. The summed E-state index contributed by atoms with van der Waals surface area (Å²) in [4.78, 5) is 25.1. The first-order valence-corrected chi connectivity index (χ1v) is 6.87.